The van der Waals surface area contributed by atoms with Gasteiger partial charge in [-0.3, -0.25) is 4.79 Å². The molecule has 1 heterocycles. The van der Waals surface area contributed by atoms with Crippen LogP contribution in [0.25, 0.3) is 0 Å². The van der Waals surface area contributed by atoms with Crippen molar-refractivity contribution >= 4 is 5.91 Å². The summed E-state index contributed by atoms with van der Waals surface area (Å²) in [5, 5.41) is 0. The molecule has 2 aromatic carbocycles. The zero-order valence-electron chi connectivity index (χ0n) is 19.6. The highest BCUT2D eigenvalue weighted by atomic mass is 16.5. The molecule has 0 saturated carbocycles. The third-order valence-electron chi connectivity index (χ3n) is 6.33. The van der Waals surface area contributed by atoms with Crippen LogP contribution in [0.1, 0.15) is 49.8 Å². The maximum absolute atomic E-state index is 13.4. The summed E-state index contributed by atoms with van der Waals surface area (Å²) in [5.41, 5.74) is 3.49. The lowest BCUT2D eigenvalue weighted by molar-refractivity contribution is -0.134. The molecule has 3 rings (SSSR count). The molecular weight excluding hydrogens is 384 g/mol. The van der Waals surface area contributed by atoms with E-state index in [1.54, 1.807) is 7.11 Å². The molecule has 0 atom stereocenters. The molecular formula is C27H38N2O2. The first-order chi connectivity index (χ1) is 14.9. The Bertz CT molecular complexity index is 806. The summed E-state index contributed by atoms with van der Waals surface area (Å²) in [6, 6.07) is 16.7. The average molecular weight is 423 g/mol. The van der Waals surface area contributed by atoms with Crippen molar-refractivity contribution < 1.29 is 9.53 Å². The van der Waals surface area contributed by atoms with Crippen LogP contribution in [0.2, 0.25) is 0 Å². The van der Waals surface area contributed by atoms with Crippen LogP contribution in [-0.4, -0.2) is 48.5 Å². The van der Waals surface area contributed by atoms with E-state index in [0.717, 1.165) is 43.2 Å². The number of piperidine rings is 1. The van der Waals surface area contributed by atoms with Crippen molar-refractivity contribution in [2.75, 3.05) is 26.7 Å². The van der Waals surface area contributed by atoms with Crippen molar-refractivity contribution in [2.24, 2.45) is 5.92 Å². The van der Waals surface area contributed by atoms with Crippen LogP contribution in [0.4, 0.5) is 0 Å². The Morgan fingerprint density at radius 2 is 1.65 bits per heavy atom. The maximum Gasteiger partial charge on any atom is 0.227 e. The van der Waals surface area contributed by atoms with E-state index in [1.165, 1.54) is 24.1 Å². The zero-order chi connectivity index (χ0) is 22.2. The fourth-order valence-corrected chi connectivity index (χ4v) is 4.23. The van der Waals surface area contributed by atoms with E-state index < -0.39 is 0 Å². The van der Waals surface area contributed by atoms with Gasteiger partial charge in [0, 0.05) is 25.7 Å². The van der Waals surface area contributed by atoms with Gasteiger partial charge in [0.25, 0.3) is 0 Å². The van der Waals surface area contributed by atoms with Crippen LogP contribution in [0.15, 0.2) is 48.5 Å². The first-order valence-corrected chi connectivity index (χ1v) is 11.6. The van der Waals surface area contributed by atoms with Crippen molar-refractivity contribution in [1.29, 1.82) is 0 Å². The number of hydrogen-bond acceptors (Lipinski definition) is 3. The van der Waals surface area contributed by atoms with Gasteiger partial charge in [0.1, 0.15) is 5.75 Å². The van der Waals surface area contributed by atoms with E-state index in [4.69, 9.17) is 4.74 Å². The molecule has 0 aromatic heterocycles. The molecule has 2 aromatic rings. The SMILES string of the molecule is COc1ccc(CC(=O)N(Cc2ccc(C)cc2)C2CCN(CCC(C)C)CC2)cc1. The van der Waals surface area contributed by atoms with Crippen molar-refractivity contribution in [2.45, 2.75) is 59.0 Å². The molecule has 4 nitrogen and oxygen atoms in total. The largest absolute Gasteiger partial charge is 0.497 e. The minimum absolute atomic E-state index is 0.214. The van der Waals surface area contributed by atoms with Gasteiger partial charge in [0.15, 0.2) is 0 Å². The second-order valence-corrected chi connectivity index (χ2v) is 9.29. The fraction of sp³-hybridized carbons (Fsp3) is 0.519. The number of hydrogen-bond donors (Lipinski definition) is 0. The minimum atomic E-state index is 0.214. The first-order valence-electron chi connectivity index (χ1n) is 11.6. The quantitative estimate of drug-likeness (QED) is 0.565. The Balaban J connectivity index is 1.68. The van der Waals surface area contributed by atoms with Gasteiger partial charge in [-0.15, -0.1) is 0 Å². The molecule has 0 bridgehead atoms. The topological polar surface area (TPSA) is 32.8 Å². The van der Waals surface area contributed by atoms with Crippen LogP contribution in [0.5, 0.6) is 5.75 Å². The highest BCUT2D eigenvalue weighted by Crippen LogP contribution is 2.22. The van der Waals surface area contributed by atoms with E-state index in [1.807, 2.05) is 24.3 Å². The van der Waals surface area contributed by atoms with Gasteiger partial charge in [0.05, 0.1) is 13.5 Å². The zero-order valence-corrected chi connectivity index (χ0v) is 19.6. The van der Waals surface area contributed by atoms with E-state index in [2.05, 4.69) is 54.8 Å². The number of likely N-dealkylation sites (tertiary alicyclic amines) is 1. The fourth-order valence-electron chi connectivity index (χ4n) is 4.23. The highest BCUT2D eigenvalue weighted by molar-refractivity contribution is 5.79. The molecule has 31 heavy (non-hydrogen) atoms. The smallest absolute Gasteiger partial charge is 0.227 e. The molecule has 1 fully saturated rings. The Morgan fingerprint density at radius 3 is 2.23 bits per heavy atom. The third kappa shape index (κ3) is 7.10. The summed E-state index contributed by atoms with van der Waals surface area (Å²) in [6.07, 6.45) is 3.79. The Kier molecular flexibility index (Phi) is 8.53. The molecule has 0 radical (unpaired) electrons. The van der Waals surface area contributed by atoms with Crippen LogP contribution in [0.3, 0.4) is 0 Å². The van der Waals surface area contributed by atoms with Crippen molar-refractivity contribution in [3.05, 3.63) is 65.2 Å². The number of rotatable bonds is 9. The van der Waals surface area contributed by atoms with Gasteiger partial charge in [-0.1, -0.05) is 55.8 Å². The molecule has 1 saturated heterocycles. The molecule has 0 spiro atoms. The number of aryl methyl sites for hydroxylation is 1. The van der Waals surface area contributed by atoms with Gasteiger partial charge >= 0.3 is 0 Å². The molecule has 1 aliphatic rings. The second-order valence-electron chi connectivity index (χ2n) is 9.29. The van der Waals surface area contributed by atoms with Crippen molar-refractivity contribution in [3.63, 3.8) is 0 Å². The van der Waals surface area contributed by atoms with Gasteiger partial charge < -0.3 is 14.5 Å². The summed E-state index contributed by atoms with van der Waals surface area (Å²) >= 11 is 0. The number of ether oxygens (including phenoxy) is 1. The normalized spacial score (nSPS) is 15.3. The standard InChI is InChI=1S/C27H38N2O2/c1-21(2)13-16-28-17-14-25(15-18-28)29(20-24-7-5-22(3)6-8-24)27(30)19-23-9-11-26(31-4)12-10-23/h5-12,21,25H,13-20H2,1-4H3. The summed E-state index contributed by atoms with van der Waals surface area (Å²) in [5.74, 6) is 1.77. The number of carbonyl (C=O) groups excluding carboxylic acids is 1. The minimum Gasteiger partial charge on any atom is -0.497 e. The van der Waals surface area contributed by atoms with Crippen LogP contribution < -0.4 is 4.74 Å². The van der Waals surface area contributed by atoms with Crippen LogP contribution >= 0.6 is 0 Å². The summed E-state index contributed by atoms with van der Waals surface area (Å²) < 4.78 is 5.25. The molecule has 0 N–H and O–H groups in total. The lowest BCUT2D eigenvalue weighted by Crippen LogP contribution is -2.47. The van der Waals surface area contributed by atoms with Crippen LogP contribution in [-0.2, 0) is 17.8 Å². The number of carbonyl (C=O) groups is 1. The highest BCUT2D eigenvalue weighted by Gasteiger charge is 2.28. The van der Waals surface area contributed by atoms with Crippen LogP contribution in [0, 0.1) is 12.8 Å². The van der Waals surface area contributed by atoms with Gasteiger partial charge in [-0.05, 0) is 61.9 Å². The number of amides is 1. The Morgan fingerprint density at radius 1 is 1.03 bits per heavy atom. The third-order valence-corrected chi connectivity index (χ3v) is 6.33. The molecule has 1 amide bonds. The molecule has 168 valence electrons. The molecule has 1 aliphatic heterocycles. The van der Waals surface area contributed by atoms with Crippen molar-refractivity contribution in [3.8, 4) is 5.75 Å². The van der Waals surface area contributed by atoms with E-state index >= 15 is 0 Å². The molecule has 0 unspecified atom stereocenters. The monoisotopic (exact) mass is 422 g/mol. The number of nitrogens with zero attached hydrogens (tertiary/aromatic N) is 2. The lowest BCUT2D eigenvalue weighted by Gasteiger charge is -2.39. The molecule has 4 heteroatoms. The number of methoxy groups -OCH3 is 1. The lowest BCUT2D eigenvalue weighted by atomic mass is 9.99. The summed E-state index contributed by atoms with van der Waals surface area (Å²) in [6.45, 7) is 10.7. The maximum atomic E-state index is 13.4. The Labute approximate surface area is 188 Å². The first kappa shape index (κ1) is 23.3. The average Bonchev–Trinajstić information content (AvgIpc) is 2.78. The van der Waals surface area contributed by atoms with Gasteiger partial charge in [-0.2, -0.15) is 0 Å². The second kappa shape index (κ2) is 11.3. The predicted molar refractivity (Wildman–Crippen MR) is 127 cm³/mol. The van der Waals surface area contributed by atoms with E-state index in [-0.39, 0.29) is 5.91 Å². The van der Waals surface area contributed by atoms with Gasteiger partial charge in [-0.25, -0.2) is 0 Å². The predicted octanol–water partition coefficient (Wildman–Crippen LogP) is 5.09. The summed E-state index contributed by atoms with van der Waals surface area (Å²) in [4.78, 5) is 18.1. The Hall–Kier alpha value is -2.33. The van der Waals surface area contributed by atoms with Crippen molar-refractivity contribution in [1.82, 2.24) is 9.80 Å². The number of benzene rings is 2. The van der Waals surface area contributed by atoms with Gasteiger partial charge in [0.2, 0.25) is 5.91 Å². The summed E-state index contributed by atoms with van der Waals surface area (Å²) in [7, 11) is 1.66. The molecule has 0 aliphatic carbocycles. The van der Waals surface area contributed by atoms with E-state index in [9.17, 15) is 4.79 Å². The van der Waals surface area contributed by atoms with E-state index in [0.29, 0.717) is 19.0 Å².